The normalized spacial score (nSPS) is 16.6. The van der Waals surface area contributed by atoms with Crippen LogP contribution in [0.4, 0.5) is 17.6 Å². The van der Waals surface area contributed by atoms with Crippen molar-refractivity contribution in [3.8, 4) is 0 Å². The predicted octanol–water partition coefficient (Wildman–Crippen LogP) is -0.129. The van der Waals surface area contributed by atoms with Crippen molar-refractivity contribution in [2.75, 3.05) is 0 Å². The summed E-state index contributed by atoms with van der Waals surface area (Å²) in [4.78, 5) is 0. The lowest BCUT2D eigenvalue weighted by Crippen LogP contribution is -2.33. The molecule has 0 aromatic heterocycles. The van der Waals surface area contributed by atoms with Crippen LogP contribution in [0.1, 0.15) is 0 Å². The molecule has 0 saturated carbocycles. The number of hydrogen-bond acceptors (Lipinski definition) is 3. The van der Waals surface area contributed by atoms with Gasteiger partial charge >= 0.3 is 7.32 Å². The summed E-state index contributed by atoms with van der Waals surface area (Å²) >= 11 is 0. The average Bonchev–Trinajstić information content (AvgIpc) is 1.84. The highest BCUT2D eigenvalue weighted by Crippen LogP contribution is 2.13. The van der Waals surface area contributed by atoms with Crippen molar-refractivity contribution in [3.63, 3.8) is 0 Å². The summed E-state index contributed by atoms with van der Waals surface area (Å²) in [7, 11) is -2.60. The van der Waals surface area contributed by atoms with Crippen molar-refractivity contribution < 1.29 is 32.3 Å². The molecule has 2 N–H and O–H groups in total. The number of hydrogen-bond donors (Lipinski definition) is 2. The van der Waals surface area contributed by atoms with Crippen LogP contribution in [0, 0.1) is 0 Å². The molecule has 0 saturated heterocycles. The standard InChI is InChI=1S/C3H5BF4O3/c5-1(2(6)7)3(8)11-4(9)10/h1-3,9-10H. The van der Waals surface area contributed by atoms with E-state index in [0.717, 1.165) is 0 Å². The van der Waals surface area contributed by atoms with Crippen LogP contribution in [-0.2, 0) is 4.65 Å². The summed E-state index contributed by atoms with van der Waals surface area (Å²) in [6.45, 7) is 0. The minimum Gasteiger partial charge on any atom is -0.402 e. The summed E-state index contributed by atoms with van der Waals surface area (Å²) in [5.74, 6) is 0. The van der Waals surface area contributed by atoms with Gasteiger partial charge in [-0.3, -0.25) is 0 Å². The van der Waals surface area contributed by atoms with Gasteiger partial charge in [-0.05, 0) is 0 Å². The molecule has 11 heavy (non-hydrogen) atoms. The monoisotopic (exact) mass is 176 g/mol. The number of rotatable bonds is 4. The van der Waals surface area contributed by atoms with E-state index >= 15 is 0 Å². The van der Waals surface area contributed by atoms with Crippen LogP contribution < -0.4 is 0 Å². The fourth-order valence-corrected chi connectivity index (χ4v) is 0.306. The minimum absolute atomic E-state index is 2.60. The molecule has 0 spiro atoms. The fourth-order valence-electron chi connectivity index (χ4n) is 0.306. The van der Waals surface area contributed by atoms with E-state index in [2.05, 4.69) is 4.65 Å². The van der Waals surface area contributed by atoms with Gasteiger partial charge in [-0.15, -0.1) is 0 Å². The van der Waals surface area contributed by atoms with Gasteiger partial charge in [0, 0.05) is 0 Å². The Hall–Kier alpha value is -0.335. The second kappa shape index (κ2) is 4.52. The molecular formula is C3H5BF4O3. The van der Waals surface area contributed by atoms with Gasteiger partial charge in [0.2, 0.25) is 12.5 Å². The molecule has 3 nitrogen and oxygen atoms in total. The van der Waals surface area contributed by atoms with Crippen LogP contribution >= 0.6 is 0 Å². The Morgan fingerprint density at radius 2 is 1.55 bits per heavy atom. The van der Waals surface area contributed by atoms with Gasteiger partial charge in [-0.25, -0.2) is 17.6 Å². The van der Waals surface area contributed by atoms with Gasteiger partial charge in [-0.1, -0.05) is 0 Å². The Morgan fingerprint density at radius 3 is 1.82 bits per heavy atom. The van der Waals surface area contributed by atoms with E-state index in [1.165, 1.54) is 0 Å². The molecule has 0 aliphatic carbocycles. The lowest BCUT2D eigenvalue weighted by atomic mass is 10.2. The highest BCUT2D eigenvalue weighted by Gasteiger charge is 2.33. The van der Waals surface area contributed by atoms with Gasteiger partial charge in [0.15, 0.2) is 0 Å². The average molecular weight is 176 g/mol. The first-order valence-electron chi connectivity index (χ1n) is 2.53. The first-order valence-corrected chi connectivity index (χ1v) is 2.53. The molecule has 0 aromatic carbocycles. The zero-order valence-corrected chi connectivity index (χ0v) is 5.12. The van der Waals surface area contributed by atoms with E-state index in [9.17, 15) is 17.6 Å². The number of halogens is 4. The highest BCUT2D eigenvalue weighted by molar-refractivity contribution is 6.32. The summed E-state index contributed by atoms with van der Waals surface area (Å²) < 4.78 is 49.5. The Labute approximate surface area is 59.8 Å². The van der Waals surface area contributed by atoms with E-state index in [1.54, 1.807) is 0 Å². The van der Waals surface area contributed by atoms with Crippen LogP contribution in [0.25, 0.3) is 0 Å². The van der Waals surface area contributed by atoms with Crippen LogP contribution in [0.15, 0.2) is 0 Å². The maximum atomic E-state index is 11.9. The molecule has 0 amide bonds. The largest absolute Gasteiger partial charge is 0.636 e. The lowest BCUT2D eigenvalue weighted by Gasteiger charge is -2.12. The van der Waals surface area contributed by atoms with Crippen molar-refractivity contribution in [1.29, 1.82) is 0 Å². The molecule has 0 heterocycles. The van der Waals surface area contributed by atoms with Crippen molar-refractivity contribution in [2.24, 2.45) is 0 Å². The van der Waals surface area contributed by atoms with Crippen LogP contribution in [0.2, 0.25) is 0 Å². The molecule has 2 unspecified atom stereocenters. The van der Waals surface area contributed by atoms with Crippen LogP contribution in [0.3, 0.4) is 0 Å². The first kappa shape index (κ1) is 10.7. The van der Waals surface area contributed by atoms with Crippen LogP contribution in [0.5, 0.6) is 0 Å². The van der Waals surface area contributed by atoms with Gasteiger partial charge in [0.1, 0.15) is 0 Å². The Morgan fingerprint density at radius 1 is 1.09 bits per heavy atom. The second-order valence-electron chi connectivity index (χ2n) is 1.59. The van der Waals surface area contributed by atoms with E-state index in [0.29, 0.717) is 0 Å². The summed E-state index contributed by atoms with van der Waals surface area (Å²) in [6, 6.07) is 0. The van der Waals surface area contributed by atoms with E-state index in [1.807, 2.05) is 0 Å². The smallest absolute Gasteiger partial charge is 0.402 e. The van der Waals surface area contributed by atoms with E-state index in [4.69, 9.17) is 10.0 Å². The Bertz CT molecular complexity index is 113. The molecule has 0 radical (unpaired) electrons. The molecular weight excluding hydrogens is 171 g/mol. The van der Waals surface area contributed by atoms with Crippen molar-refractivity contribution in [1.82, 2.24) is 0 Å². The lowest BCUT2D eigenvalue weighted by molar-refractivity contribution is -0.0914. The molecule has 8 heteroatoms. The molecule has 0 aromatic rings. The van der Waals surface area contributed by atoms with Gasteiger partial charge in [0.05, 0.1) is 0 Å². The van der Waals surface area contributed by atoms with Gasteiger partial charge < -0.3 is 14.7 Å². The van der Waals surface area contributed by atoms with Crippen molar-refractivity contribution in [2.45, 2.75) is 19.0 Å². The zero-order chi connectivity index (χ0) is 9.02. The maximum Gasteiger partial charge on any atom is 0.636 e. The summed E-state index contributed by atoms with van der Waals surface area (Å²) in [5, 5.41) is 15.7. The maximum absolute atomic E-state index is 11.9. The van der Waals surface area contributed by atoms with Gasteiger partial charge in [-0.2, -0.15) is 0 Å². The topological polar surface area (TPSA) is 49.7 Å². The molecule has 66 valence electrons. The molecule has 0 aliphatic heterocycles. The number of alkyl halides is 4. The molecule has 0 rings (SSSR count). The predicted molar refractivity (Wildman–Crippen MR) is 27.1 cm³/mol. The zero-order valence-electron chi connectivity index (χ0n) is 5.12. The van der Waals surface area contributed by atoms with Crippen LogP contribution in [-0.4, -0.2) is 36.3 Å². The SMILES string of the molecule is OB(O)OC(F)C(F)C(F)F. The van der Waals surface area contributed by atoms with Gasteiger partial charge in [0.25, 0.3) is 6.43 Å². The van der Waals surface area contributed by atoms with E-state index in [-0.39, 0.29) is 0 Å². The Balaban J connectivity index is 3.73. The quantitative estimate of drug-likeness (QED) is 0.463. The van der Waals surface area contributed by atoms with E-state index < -0.39 is 26.3 Å². The first-order chi connectivity index (χ1) is 4.95. The summed E-state index contributed by atoms with van der Waals surface area (Å²) in [6.07, 6.45) is -9.75. The molecule has 0 fully saturated rings. The van der Waals surface area contributed by atoms with Crippen molar-refractivity contribution >= 4 is 7.32 Å². The third-order valence-corrected chi connectivity index (χ3v) is 0.743. The summed E-state index contributed by atoms with van der Waals surface area (Å²) in [5.41, 5.74) is 0. The third-order valence-electron chi connectivity index (χ3n) is 0.743. The Kier molecular flexibility index (Phi) is 4.39. The second-order valence-corrected chi connectivity index (χ2v) is 1.59. The highest BCUT2D eigenvalue weighted by atomic mass is 19.3. The fraction of sp³-hybridized carbons (Fsp3) is 1.00. The minimum atomic E-state index is -3.55. The molecule has 2 atom stereocenters. The third kappa shape index (κ3) is 4.17. The molecule has 0 aliphatic rings. The van der Waals surface area contributed by atoms with Crippen molar-refractivity contribution in [3.05, 3.63) is 0 Å². The molecule has 0 bridgehead atoms.